The summed E-state index contributed by atoms with van der Waals surface area (Å²) in [6.45, 7) is 6.68. The van der Waals surface area contributed by atoms with E-state index >= 15 is 0 Å². The van der Waals surface area contributed by atoms with Crippen LogP contribution in [0, 0.1) is 5.92 Å². The fourth-order valence-electron chi connectivity index (χ4n) is 2.83. The van der Waals surface area contributed by atoms with Gasteiger partial charge in [-0.15, -0.1) is 11.3 Å². The lowest BCUT2D eigenvalue weighted by molar-refractivity contribution is 0.647. The molecule has 3 heteroatoms. The minimum absolute atomic E-state index is 0.686. The topological polar surface area (TPSA) is 25.8 Å². The average Bonchev–Trinajstić information content (AvgIpc) is 3.06. The van der Waals surface area contributed by atoms with E-state index in [-0.39, 0.29) is 0 Å². The van der Waals surface area contributed by atoms with Gasteiger partial charge in [0.2, 0.25) is 0 Å². The summed E-state index contributed by atoms with van der Waals surface area (Å²) in [7, 11) is 0. The number of nitrogens with zero attached hydrogens (tertiary/aromatic N) is 2. The lowest BCUT2D eigenvalue weighted by Gasteiger charge is -2.05. The number of hydrogen-bond donors (Lipinski definition) is 0. The molecule has 0 aliphatic carbocycles. The summed E-state index contributed by atoms with van der Waals surface area (Å²) < 4.78 is 0. The van der Waals surface area contributed by atoms with Crippen LogP contribution in [0.2, 0.25) is 0 Å². The molecule has 124 valence electrons. The van der Waals surface area contributed by atoms with E-state index in [1.54, 1.807) is 11.3 Å². The third-order valence-corrected chi connectivity index (χ3v) is 4.86. The van der Waals surface area contributed by atoms with Crippen molar-refractivity contribution in [3.05, 3.63) is 59.2 Å². The first-order valence-corrected chi connectivity index (χ1v) is 9.54. The smallest absolute Gasteiger partial charge is 0.124 e. The molecule has 0 amide bonds. The van der Waals surface area contributed by atoms with Gasteiger partial charge in [-0.3, -0.25) is 4.98 Å². The number of rotatable bonds is 6. The number of thiazole rings is 1. The predicted octanol–water partition coefficient (Wildman–Crippen LogP) is 6.02. The molecule has 0 radical (unpaired) electrons. The lowest BCUT2D eigenvalue weighted by Crippen LogP contribution is -1.93. The molecule has 0 fully saturated rings. The molecule has 0 saturated heterocycles. The fourth-order valence-corrected chi connectivity index (χ4v) is 3.65. The van der Waals surface area contributed by atoms with Crippen LogP contribution in [0.4, 0.5) is 0 Å². The monoisotopic (exact) mass is 336 g/mol. The molecule has 0 atom stereocenters. The van der Waals surface area contributed by atoms with E-state index in [1.807, 2.05) is 12.3 Å². The summed E-state index contributed by atoms with van der Waals surface area (Å²) in [6, 6.07) is 13.0. The van der Waals surface area contributed by atoms with Crippen LogP contribution in [-0.2, 0) is 12.8 Å². The molecule has 0 aliphatic heterocycles. The van der Waals surface area contributed by atoms with Gasteiger partial charge >= 0.3 is 0 Å². The normalized spacial score (nSPS) is 11.2. The van der Waals surface area contributed by atoms with Crippen molar-refractivity contribution >= 4 is 11.3 Å². The minimum Gasteiger partial charge on any atom is -0.261 e. The van der Waals surface area contributed by atoms with Crippen LogP contribution >= 0.6 is 11.3 Å². The standard InChI is InChI=1S/C21H24N2S/c1-4-5-19-13-18(10-11-22-19)21-23-20(14-24-21)17-8-6-16(7-9-17)12-15(2)3/h6-11,13-15H,4-5,12H2,1-3H3. The summed E-state index contributed by atoms with van der Waals surface area (Å²) in [5.41, 5.74) is 5.95. The SMILES string of the molecule is CCCc1cc(-c2nc(-c3ccc(CC(C)C)cc3)cs2)ccn1. The van der Waals surface area contributed by atoms with Gasteiger partial charge < -0.3 is 0 Å². The molecule has 3 rings (SSSR count). The maximum absolute atomic E-state index is 4.83. The maximum Gasteiger partial charge on any atom is 0.124 e. The molecule has 0 N–H and O–H groups in total. The van der Waals surface area contributed by atoms with Crippen molar-refractivity contribution in [1.29, 1.82) is 0 Å². The highest BCUT2D eigenvalue weighted by Gasteiger charge is 2.08. The molecular weight excluding hydrogens is 312 g/mol. The zero-order valence-corrected chi connectivity index (χ0v) is 15.4. The van der Waals surface area contributed by atoms with E-state index in [0.29, 0.717) is 5.92 Å². The van der Waals surface area contributed by atoms with Crippen LogP contribution in [0.25, 0.3) is 21.8 Å². The summed E-state index contributed by atoms with van der Waals surface area (Å²) in [4.78, 5) is 9.26. The molecular formula is C21H24N2S. The number of pyridine rings is 1. The highest BCUT2D eigenvalue weighted by molar-refractivity contribution is 7.13. The van der Waals surface area contributed by atoms with Crippen molar-refractivity contribution < 1.29 is 0 Å². The molecule has 0 aliphatic rings. The van der Waals surface area contributed by atoms with Crippen molar-refractivity contribution in [2.45, 2.75) is 40.0 Å². The lowest BCUT2D eigenvalue weighted by atomic mass is 10.0. The Morgan fingerprint density at radius 2 is 1.83 bits per heavy atom. The van der Waals surface area contributed by atoms with Crippen molar-refractivity contribution in [2.24, 2.45) is 5.92 Å². The van der Waals surface area contributed by atoms with Crippen molar-refractivity contribution in [2.75, 3.05) is 0 Å². The van der Waals surface area contributed by atoms with Gasteiger partial charge in [0, 0.05) is 28.4 Å². The molecule has 1 aromatic carbocycles. The van der Waals surface area contributed by atoms with E-state index in [0.717, 1.165) is 35.7 Å². The zero-order chi connectivity index (χ0) is 16.9. The Morgan fingerprint density at radius 1 is 1.04 bits per heavy atom. The number of aryl methyl sites for hydroxylation is 1. The number of benzene rings is 1. The second-order valence-corrected chi connectivity index (χ2v) is 7.48. The number of hydrogen-bond acceptors (Lipinski definition) is 3. The zero-order valence-electron chi connectivity index (χ0n) is 14.6. The first kappa shape index (κ1) is 16.8. The van der Waals surface area contributed by atoms with Gasteiger partial charge in [-0.25, -0.2) is 4.98 Å². The molecule has 2 nitrogen and oxygen atoms in total. The van der Waals surface area contributed by atoms with Gasteiger partial charge in [0.15, 0.2) is 0 Å². The van der Waals surface area contributed by atoms with Gasteiger partial charge in [-0.05, 0) is 36.5 Å². The molecule has 3 aromatic rings. The van der Waals surface area contributed by atoms with Crippen molar-refractivity contribution in [3.63, 3.8) is 0 Å². The summed E-state index contributed by atoms with van der Waals surface area (Å²) >= 11 is 1.70. The number of aromatic nitrogens is 2. The molecule has 24 heavy (non-hydrogen) atoms. The van der Waals surface area contributed by atoms with Gasteiger partial charge in [0.25, 0.3) is 0 Å². The molecule has 0 spiro atoms. The van der Waals surface area contributed by atoms with Crippen molar-refractivity contribution in [1.82, 2.24) is 9.97 Å². The second-order valence-electron chi connectivity index (χ2n) is 6.62. The van der Waals surface area contributed by atoms with Gasteiger partial charge in [0.05, 0.1) is 5.69 Å². The molecule has 0 bridgehead atoms. The average molecular weight is 337 g/mol. The third-order valence-electron chi connectivity index (χ3n) is 3.97. The predicted molar refractivity (Wildman–Crippen MR) is 103 cm³/mol. The van der Waals surface area contributed by atoms with Gasteiger partial charge in [-0.1, -0.05) is 51.5 Å². The Kier molecular flexibility index (Phi) is 5.41. The Morgan fingerprint density at radius 3 is 2.54 bits per heavy atom. The van der Waals surface area contributed by atoms with Crippen LogP contribution in [0.5, 0.6) is 0 Å². The summed E-state index contributed by atoms with van der Waals surface area (Å²) in [6.07, 6.45) is 5.15. The van der Waals surface area contributed by atoms with Crippen molar-refractivity contribution in [3.8, 4) is 21.8 Å². The first-order valence-electron chi connectivity index (χ1n) is 8.66. The Labute approximate surface area is 148 Å². The maximum atomic E-state index is 4.83. The molecule has 2 heterocycles. The fraction of sp³-hybridized carbons (Fsp3) is 0.333. The molecule has 0 unspecified atom stereocenters. The highest BCUT2D eigenvalue weighted by atomic mass is 32.1. The Bertz CT molecular complexity index is 788. The van der Waals surface area contributed by atoms with E-state index in [4.69, 9.17) is 4.98 Å². The van der Waals surface area contributed by atoms with Crippen LogP contribution in [0.3, 0.4) is 0 Å². The second kappa shape index (κ2) is 7.71. The highest BCUT2D eigenvalue weighted by Crippen LogP contribution is 2.29. The Hall–Kier alpha value is -2.00. The van der Waals surface area contributed by atoms with Crippen LogP contribution < -0.4 is 0 Å². The van der Waals surface area contributed by atoms with E-state index < -0.39 is 0 Å². The molecule has 0 saturated carbocycles. The van der Waals surface area contributed by atoms with Gasteiger partial charge in [-0.2, -0.15) is 0 Å². The van der Waals surface area contributed by atoms with Crippen LogP contribution in [-0.4, -0.2) is 9.97 Å². The Balaban J connectivity index is 1.81. The first-order chi connectivity index (χ1) is 11.7. The third kappa shape index (κ3) is 4.09. The summed E-state index contributed by atoms with van der Waals surface area (Å²) in [5.74, 6) is 0.686. The molecule has 2 aromatic heterocycles. The quantitative estimate of drug-likeness (QED) is 0.550. The van der Waals surface area contributed by atoms with E-state index in [2.05, 4.69) is 61.5 Å². The van der Waals surface area contributed by atoms with E-state index in [9.17, 15) is 0 Å². The van der Waals surface area contributed by atoms with Gasteiger partial charge in [0.1, 0.15) is 5.01 Å². The minimum atomic E-state index is 0.686. The van der Waals surface area contributed by atoms with Crippen LogP contribution in [0.15, 0.2) is 48.0 Å². The summed E-state index contributed by atoms with van der Waals surface area (Å²) in [5, 5.41) is 3.21. The van der Waals surface area contributed by atoms with E-state index in [1.165, 1.54) is 16.7 Å². The van der Waals surface area contributed by atoms with Crippen LogP contribution in [0.1, 0.15) is 38.4 Å². The largest absolute Gasteiger partial charge is 0.261 e.